The van der Waals surface area contributed by atoms with Crippen LogP contribution in [0.5, 0.6) is 0 Å². The van der Waals surface area contributed by atoms with E-state index in [9.17, 15) is 18.0 Å². The molecular weight excluding hydrogens is 271 g/mol. The Morgan fingerprint density at radius 1 is 1.20 bits per heavy atom. The van der Waals surface area contributed by atoms with Crippen LogP contribution in [0.1, 0.15) is 18.4 Å². The number of hydrogen-bond acceptors (Lipinski definition) is 3. The number of benzene rings is 1. The molecule has 0 radical (unpaired) electrons. The summed E-state index contributed by atoms with van der Waals surface area (Å²) in [6.45, 7) is 1.69. The third kappa shape index (κ3) is 3.10. The molecule has 1 heterocycles. The van der Waals surface area contributed by atoms with Gasteiger partial charge in [-0.1, -0.05) is 0 Å². The Morgan fingerprint density at radius 2 is 1.85 bits per heavy atom. The summed E-state index contributed by atoms with van der Waals surface area (Å²) in [6, 6.07) is 4.62. The fourth-order valence-corrected chi connectivity index (χ4v) is 2.17. The first kappa shape index (κ1) is 14.8. The summed E-state index contributed by atoms with van der Waals surface area (Å²) in [5.41, 5.74) is 5.17. The van der Waals surface area contributed by atoms with Crippen molar-refractivity contribution in [2.45, 2.75) is 19.0 Å². The molecule has 1 amide bonds. The van der Waals surface area contributed by atoms with E-state index in [1.165, 1.54) is 17.1 Å². The van der Waals surface area contributed by atoms with Crippen molar-refractivity contribution in [2.24, 2.45) is 5.73 Å². The Morgan fingerprint density at radius 3 is 2.40 bits per heavy atom. The maximum absolute atomic E-state index is 12.5. The standard InChI is InChI=1S/C13H16F3N3O/c14-13(15,16)10-2-4-11(5-3-10)19-12(20)6-9-18(19)8-1-7-17/h2-5H,1,6-9,17H2. The average molecular weight is 287 g/mol. The highest BCUT2D eigenvalue weighted by Gasteiger charge is 2.32. The topological polar surface area (TPSA) is 49.6 Å². The molecule has 0 bridgehead atoms. The van der Waals surface area contributed by atoms with Crippen LogP contribution in [0.2, 0.25) is 0 Å². The van der Waals surface area contributed by atoms with E-state index in [1.807, 2.05) is 5.01 Å². The highest BCUT2D eigenvalue weighted by molar-refractivity contribution is 5.94. The van der Waals surface area contributed by atoms with Gasteiger partial charge in [0.05, 0.1) is 11.3 Å². The van der Waals surface area contributed by atoms with Crippen molar-refractivity contribution < 1.29 is 18.0 Å². The van der Waals surface area contributed by atoms with Gasteiger partial charge in [0.2, 0.25) is 5.91 Å². The number of carbonyl (C=O) groups is 1. The van der Waals surface area contributed by atoms with Gasteiger partial charge in [-0.3, -0.25) is 4.79 Å². The minimum Gasteiger partial charge on any atom is -0.330 e. The first-order valence-electron chi connectivity index (χ1n) is 6.38. The van der Waals surface area contributed by atoms with Crippen LogP contribution < -0.4 is 10.7 Å². The predicted molar refractivity (Wildman–Crippen MR) is 68.8 cm³/mol. The van der Waals surface area contributed by atoms with Crippen molar-refractivity contribution in [1.82, 2.24) is 5.01 Å². The summed E-state index contributed by atoms with van der Waals surface area (Å²) >= 11 is 0. The molecule has 1 aliphatic rings. The number of rotatable bonds is 4. The number of nitrogens with zero attached hydrogens (tertiary/aromatic N) is 2. The monoisotopic (exact) mass is 287 g/mol. The summed E-state index contributed by atoms with van der Waals surface area (Å²) in [5, 5.41) is 3.26. The van der Waals surface area contributed by atoms with Gasteiger partial charge < -0.3 is 5.73 Å². The van der Waals surface area contributed by atoms with E-state index in [4.69, 9.17) is 5.73 Å². The Kier molecular flexibility index (Phi) is 4.29. The zero-order valence-corrected chi connectivity index (χ0v) is 10.9. The molecule has 0 spiro atoms. The van der Waals surface area contributed by atoms with Gasteiger partial charge in [0.15, 0.2) is 0 Å². The molecule has 0 aromatic heterocycles. The van der Waals surface area contributed by atoms with Crippen LogP contribution in [0.15, 0.2) is 24.3 Å². The molecule has 7 heteroatoms. The number of hydrazine groups is 1. The average Bonchev–Trinajstić information content (AvgIpc) is 2.76. The summed E-state index contributed by atoms with van der Waals surface area (Å²) in [6.07, 6.45) is -3.28. The SMILES string of the molecule is NCCCN1CCC(=O)N1c1ccc(C(F)(F)F)cc1. The molecule has 1 fully saturated rings. The minimum absolute atomic E-state index is 0.109. The van der Waals surface area contributed by atoms with E-state index in [2.05, 4.69) is 0 Å². The lowest BCUT2D eigenvalue weighted by Crippen LogP contribution is -2.40. The van der Waals surface area contributed by atoms with Crippen molar-refractivity contribution >= 4 is 11.6 Å². The lowest BCUT2D eigenvalue weighted by Gasteiger charge is -2.28. The lowest BCUT2D eigenvalue weighted by atomic mass is 10.2. The number of carbonyl (C=O) groups excluding carboxylic acids is 1. The van der Waals surface area contributed by atoms with E-state index < -0.39 is 11.7 Å². The lowest BCUT2D eigenvalue weighted by molar-refractivity contribution is -0.137. The quantitative estimate of drug-likeness (QED) is 0.921. The Balaban J connectivity index is 2.18. The predicted octanol–water partition coefficient (Wildman–Crippen LogP) is 2.01. The van der Waals surface area contributed by atoms with E-state index in [0.717, 1.165) is 18.6 Å². The molecule has 0 atom stereocenters. The van der Waals surface area contributed by atoms with Crippen molar-refractivity contribution in [1.29, 1.82) is 0 Å². The molecular formula is C13H16F3N3O. The summed E-state index contributed by atoms with van der Waals surface area (Å²) in [5.74, 6) is -0.109. The largest absolute Gasteiger partial charge is 0.416 e. The van der Waals surface area contributed by atoms with E-state index >= 15 is 0 Å². The zero-order chi connectivity index (χ0) is 14.8. The van der Waals surface area contributed by atoms with Gasteiger partial charge in [0, 0.05) is 19.5 Å². The van der Waals surface area contributed by atoms with Crippen LogP contribution in [0.4, 0.5) is 18.9 Å². The van der Waals surface area contributed by atoms with Crippen LogP contribution in [-0.2, 0) is 11.0 Å². The molecule has 1 aromatic carbocycles. The number of nitrogens with two attached hydrogens (primary N) is 1. The van der Waals surface area contributed by atoms with Crippen LogP contribution in [0, 0.1) is 0 Å². The van der Waals surface area contributed by atoms with Crippen molar-refractivity contribution in [3.05, 3.63) is 29.8 Å². The fraction of sp³-hybridized carbons (Fsp3) is 0.462. The van der Waals surface area contributed by atoms with Gasteiger partial charge in [-0.25, -0.2) is 10.0 Å². The maximum atomic E-state index is 12.5. The molecule has 2 rings (SSSR count). The Bertz CT molecular complexity index is 473. The summed E-state index contributed by atoms with van der Waals surface area (Å²) in [4.78, 5) is 11.9. The van der Waals surface area contributed by atoms with Crippen LogP contribution in [-0.4, -0.2) is 30.6 Å². The first-order chi connectivity index (χ1) is 9.43. The molecule has 20 heavy (non-hydrogen) atoms. The maximum Gasteiger partial charge on any atom is 0.416 e. The van der Waals surface area contributed by atoms with Gasteiger partial charge in [0.1, 0.15) is 0 Å². The van der Waals surface area contributed by atoms with E-state index in [0.29, 0.717) is 31.7 Å². The number of halogens is 3. The van der Waals surface area contributed by atoms with Crippen molar-refractivity contribution in [3.8, 4) is 0 Å². The summed E-state index contributed by atoms with van der Waals surface area (Å²) < 4.78 is 37.5. The van der Waals surface area contributed by atoms with Gasteiger partial charge in [-0.05, 0) is 37.2 Å². The first-order valence-corrected chi connectivity index (χ1v) is 6.38. The number of alkyl halides is 3. The van der Waals surface area contributed by atoms with E-state index in [1.54, 1.807) is 0 Å². The highest BCUT2D eigenvalue weighted by atomic mass is 19.4. The number of anilines is 1. The van der Waals surface area contributed by atoms with Crippen LogP contribution in [0.3, 0.4) is 0 Å². The van der Waals surface area contributed by atoms with E-state index in [-0.39, 0.29) is 5.91 Å². The van der Waals surface area contributed by atoms with Gasteiger partial charge >= 0.3 is 6.18 Å². The van der Waals surface area contributed by atoms with Crippen LogP contribution >= 0.6 is 0 Å². The van der Waals surface area contributed by atoms with Crippen molar-refractivity contribution in [3.63, 3.8) is 0 Å². The third-order valence-corrected chi connectivity index (χ3v) is 3.16. The Labute approximate surface area is 114 Å². The van der Waals surface area contributed by atoms with Crippen LogP contribution in [0.25, 0.3) is 0 Å². The highest BCUT2D eigenvalue weighted by Crippen LogP contribution is 2.31. The second kappa shape index (κ2) is 5.80. The molecule has 1 aromatic rings. The van der Waals surface area contributed by atoms with Gasteiger partial charge in [-0.15, -0.1) is 0 Å². The molecule has 2 N–H and O–H groups in total. The zero-order valence-electron chi connectivity index (χ0n) is 10.9. The summed E-state index contributed by atoms with van der Waals surface area (Å²) in [7, 11) is 0. The van der Waals surface area contributed by atoms with Gasteiger partial charge in [0.25, 0.3) is 0 Å². The fourth-order valence-electron chi connectivity index (χ4n) is 2.17. The molecule has 110 valence electrons. The molecule has 4 nitrogen and oxygen atoms in total. The molecule has 1 aliphatic heterocycles. The molecule has 0 saturated carbocycles. The smallest absolute Gasteiger partial charge is 0.330 e. The Hall–Kier alpha value is -1.60. The molecule has 0 aliphatic carbocycles. The second-order valence-electron chi connectivity index (χ2n) is 4.60. The normalized spacial score (nSPS) is 17.0. The molecule has 1 saturated heterocycles. The molecule has 0 unspecified atom stereocenters. The minimum atomic E-state index is -4.37. The van der Waals surface area contributed by atoms with Gasteiger partial charge in [-0.2, -0.15) is 13.2 Å². The third-order valence-electron chi connectivity index (χ3n) is 3.16. The number of hydrogen-bond donors (Lipinski definition) is 1. The second-order valence-corrected chi connectivity index (χ2v) is 4.60. The van der Waals surface area contributed by atoms with Crippen molar-refractivity contribution in [2.75, 3.05) is 24.6 Å². The number of amides is 1.